The third kappa shape index (κ3) is 3.17. The standard InChI is InChI=1S/C14H13ClN2O2/c1-9-2-5-11(6-3-9)19-13-8-10(15)4-7-12(13)14(16)17-18/h2-8,18H,1H3,(H2,16,17). The molecule has 5 heteroatoms. The van der Waals surface area contributed by atoms with Crippen LogP contribution in [0.2, 0.25) is 5.02 Å². The Morgan fingerprint density at radius 1 is 1.21 bits per heavy atom. The zero-order chi connectivity index (χ0) is 13.8. The molecule has 0 aliphatic heterocycles. The molecule has 0 fully saturated rings. The molecule has 0 unspecified atom stereocenters. The molecule has 0 heterocycles. The van der Waals surface area contributed by atoms with Crippen LogP contribution >= 0.6 is 11.6 Å². The molecule has 2 aromatic carbocycles. The van der Waals surface area contributed by atoms with E-state index in [1.54, 1.807) is 18.2 Å². The maximum absolute atomic E-state index is 8.76. The number of hydrogen-bond donors (Lipinski definition) is 2. The molecule has 0 saturated heterocycles. The Balaban J connectivity index is 2.38. The van der Waals surface area contributed by atoms with Gasteiger partial charge < -0.3 is 15.7 Å². The average Bonchev–Trinajstić information content (AvgIpc) is 2.41. The second kappa shape index (κ2) is 5.63. The van der Waals surface area contributed by atoms with Gasteiger partial charge in [-0.3, -0.25) is 0 Å². The minimum atomic E-state index is -0.0289. The zero-order valence-electron chi connectivity index (χ0n) is 10.3. The maximum atomic E-state index is 8.76. The van der Waals surface area contributed by atoms with Crippen molar-refractivity contribution in [2.45, 2.75) is 6.92 Å². The van der Waals surface area contributed by atoms with Crippen molar-refractivity contribution in [3.05, 3.63) is 58.6 Å². The number of nitrogens with two attached hydrogens (primary N) is 1. The van der Waals surface area contributed by atoms with E-state index in [-0.39, 0.29) is 5.84 Å². The van der Waals surface area contributed by atoms with Crippen molar-refractivity contribution in [2.75, 3.05) is 0 Å². The highest BCUT2D eigenvalue weighted by molar-refractivity contribution is 6.30. The van der Waals surface area contributed by atoms with Crippen molar-refractivity contribution in [3.63, 3.8) is 0 Å². The molecular formula is C14H13ClN2O2. The van der Waals surface area contributed by atoms with Gasteiger partial charge in [0.25, 0.3) is 0 Å². The summed E-state index contributed by atoms with van der Waals surface area (Å²) < 4.78 is 5.71. The first-order chi connectivity index (χ1) is 9.10. The summed E-state index contributed by atoms with van der Waals surface area (Å²) in [6.45, 7) is 1.99. The quantitative estimate of drug-likeness (QED) is 0.390. The number of nitrogens with zero attached hydrogens (tertiary/aromatic N) is 1. The predicted octanol–water partition coefficient (Wildman–Crippen LogP) is 3.54. The number of halogens is 1. The van der Waals surface area contributed by atoms with Crippen LogP contribution in [0.3, 0.4) is 0 Å². The van der Waals surface area contributed by atoms with Crippen LogP contribution in [0.1, 0.15) is 11.1 Å². The number of ether oxygens (including phenoxy) is 1. The largest absolute Gasteiger partial charge is 0.457 e. The van der Waals surface area contributed by atoms with Gasteiger partial charge >= 0.3 is 0 Å². The minimum Gasteiger partial charge on any atom is -0.457 e. The minimum absolute atomic E-state index is 0.0289. The lowest BCUT2D eigenvalue weighted by molar-refractivity contribution is 0.318. The number of aryl methyl sites for hydroxylation is 1. The van der Waals surface area contributed by atoms with Crippen molar-refractivity contribution in [1.82, 2.24) is 0 Å². The van der Waals surface area contributed by atoms with Crippen molar-refractivity contribution >= 4 is 17.4 Å². The van der Waals surface area contributed by atoms with E-state index in [1.807, 2.05) is 31.2 Å². The van der Waals surface area contributed by atoms with Gasteiger partial charge in [-0.1, -0.05) is 34.5 Å². The highest BCUT2D eigenvalue weighted by Gasteiger charge is 2.10. The Labute approximate surface area is 116 Å². The van der Waals surface area contributed by atoms with Crippen LogP contribution in [-0.2, 0) is 0 Å². The first-order valence-electron chi connectivity index (χ1n) is 5.62. The average molecular weight is 277 g/mol. The maximum Gasteiger partial charge on any atom is 0.173 e. The van der Waals surface area contributed by atoms with Crippen LogP contribution < -0.4 is 10.5 Å². The third-order valence-electron chi connectivity index (χ3n) is 2.58. The van der Waals surface area contributed by atoms with Crippen LogP contribution in [0, 0.1) is 6.92 Å². The second-order valence-corrected chi connectivity index (χ2v) is 4.48. The van der Waals surface area contributed by atoms with E-state index in [1.165, 1.54) is 0 Å². The van der Waals surface area contributed by atoms with Gasteiger partial charge in [-0.25, -0.2) is 0 Å². The van der Waals surface area contributed by atoms with Gasteiger partial charge in [0.15, 0.2) is 5.84 Å². The van der Waals surface area contributed by atoms with E-state index in [9.17, 15) is 0 Å². The molecule has 3 N–H and O–H groups in total. The molecule has 19 heavy (non-hydrogen) atoms. The number of hydrogen-bond acceptors (Lipinski definition) is 3. The van der Waals surface area contributed by atoms with Gasteiger partial charge in [0, 0.05) is 11.1 Å². The molecule has 0 atom stereocenters. The highest BCUT2D eigenvalue weighted by atomic mass is 35.5. The van der Waals surface area contributed by atoms with Crippen LogP contribution in [-0.4, -0.2) is 11.0 Å². The Morgan fingerprint density at radius 3 is 2.53 bits per heavy atom. The Kier molecular flexibility index (Phi) is 3.92. The zero-order valence-corrected chi connectivity index (χ0v) is 11.1. The van der Waals surface area contributed by atoms with Crippen molar-refractivity contribution in [1.29, 1.82) is 0 Å². The number of amidine groups is 1. The lowest BCUT2D eigenvalue weighted by Gasteiger charge is -2.11. The number of oxime groups is 1. The predicted molar refractivity (Wildman–Crippen MR) is 75.2 cm³/mol. The van der Waals surface area contributed by atoms with E-state index in [4.69, 9.17) is 27.3 Å². The fourth-order valence-corrected chi connectivity index (χ4v) is 1.74. The molecule has 0 aliphatic rings. The molecule has 0 amide bonds. The molecule has 0 spiro atoms. The molecule has 98 valence electrons. The normalized spacial score (nSPS) is 11.4. The lowest BCUT2D eigenvalue weighted by Crippen LogP contribution is -2.14. The second-order valence-electron chi connectivity index (χ2n) is 4.04. The van der Waals surface area contributed by atoms with Crippen molar-refractivity contribution in [2.24, 2.45) is 10.9 Å². The SMILES string of the molecule is Cc1ccc(Oc2cc(Cl)ccc2C(N)=NO)cc1. The summed E-state index contributed by atoms with van der Waals surface area (Å²) in [4.78, 5) is 0. The van der Waals surface area contributed by atoms with Gasteiger partial charge in [-0.2, -0.15) is 0 Å². The topological polar surface area (TPSA) is 67.8 Å². The fourth-order valence-electron chi connectivity index (χ4n) is 1.58. The van der Waals surface area contributed by atoms with Crippen molar-refractivity contribution < 1.29 is 9.94 Å². The molecule has 2 aromatic rings. The Hall–Kier alpha value is -2.20. The van der Waals surface area contributed by atoms with E-state index in [0.29, 0.717) is 22.1 Å². The summed E-state index contributed by atoms with van der Waals surface area (Å²) in [5.74, 6) is 1.06. The van der Waals surface area contributed by atoms with Crippen LogP contribution in [0.15, 0.2) is 47.6 Å². The van der Waals surface area contributed by atoms with Gasteiger partial charge in [0.05, 0.1) is 5.56 Å². The lowest BCUT2D eigenvalue weighted by atomic mass is 10.2. The van der Waals surface area contributed by atoms with Gasteiger partial charge in [0.2, 0.25) is 0 Å². The number of rotatable bonds is 3. The molecular weight excluding hydrogens is 264 g/mol. The first-order valence-corrected chi connectivity index (χ1v) is 6.00. The molecule has 2 rings (SSSR count). The van der Waals surface area contributed by atoms with E-state index < -0.39 is 0 Å². The van der Waals surface area contributed by atoms with Crippen LogP contribution in [0.25, 0.3) is 0 Å². The summed E-state index contributed by atoms with van der Waals surface area (Å²) in [6, 6.07) is 12.5. The van der Waals surface area contributed by atoms with E-state index >= 15 is 0 Å². The third-order valence-corrected chi connectivity index (χ3v) is 2.81. The summed E-state index contributed by atoms with van der Waals surface area (Å²) in [5, 5.41) is 12.2. The first kappa shape index (κ1) is 13.2. The summed E-state index contributed by atoms with van der Waals surface area (Å²) in [5.41, 5.74) is 7.21. The molecule has 0 saturated carbocycles. The van der Waals surface area contributed by atoms with Crippen LogP contribution in [0.4, 0.5) is 0 Å². The van der Waals surface area contributed by atoms with Gasteiger partial charge in [0.1, 0.15) is 11.5 Å². The fraction of sp³-hybridized carbons (Fsp3) is 0.0714. The smallest absolute Gasteiger partial charge is 0.173 e. The molecule has 0 aliphatic carbocycles. The summed E-state index contributed by atoms with van der Waals surface area (Å²) >= 11 is 5.93. The Morgan fingerprint density at radius 2 is 1.89 bits per heavy atom. The molecule has 4 nitrogen and oxygen atoms in total. The molecule has 0 bridgehead atoms. The van der Waals surface area contributed by atoms with Gasteiger partial charge in [-0.15, -0.1) is 0 Å². The molecule has 0 radical (unpaired) electrons. The summed E-state index contributed by atoms with van der Waals surface area (Å²) in [7, 11) is 0. The monoisotopic (exact) mass is 276 g/mol. The Bertz CT molecular complexity index is 609. The van der Waals surface area contributed by atoms with Crippen LogP contribution in [0.5, 0.6) is 11.5 Å². The van der Waals surface area contributed by atoms with E-state index in [2.05, 4.69) is 5.16 Å². The van der Waals surface area contributed by atoms with Crippen molar-refractivity contribution in [3.8, 4) is 11.5 Å². The number of benzene rings is 2. The van der Waals surface area contributed by atoms with Gasteiger partial charge in [-0.05, 0) is 31.2 Å². The summed E-state index contributed by atoms with van der Waals surface area (Å²) in [6.07, 6.45) is 0. The molecule has 0 aromatic heterocycles. The van der Waals surface area contributed by atoms with E-state index in [0.717, 1.165) is 5.56 Å². The highest BCUT2D eigenvalue weighted by Crippen LogP contribution is 2.28.